The Kier molecular flexibility index (Phi) is 28.7. The highest BCUT2D eigenvalue weighted by Gasteiger charge is 2.09. The number of carboxylic acid groups (broad SMARTS) is 1. The van der Waals surface area contributed by atoms with Gasteiger partial charge in [0.15, 0.2) is 0 Å². The van der Waals surface area contributed by atoms with Gasteiger partial charge < -0.3 is 9.84 Å². The molecule has 0 aromatic carbocycles. The summed E-state index contributed by atoms with van der Waals surface area (Å²) in [6, 6.07) is 0. The van der Waals surface area contributed by atoms with Crippen molar-refractivity contribution >= 4 is 11.9 Å². The molecule has 4 nitrogen and oxygen atoms in total. The Morgan fingerprint density at radius 3 is 1.22 bits per heavy atom. The zero-order valence-corrected chi connectivity index (χ0v) is 25.0. The molecule has 0 fully saturated rings. The second-order valence-corrected chi connectivity index (χ2v) is 11.5. The van der Waals surface area contributed by atoms with Crippen molar-refractivity contribution < 1.29 is 19.4 Å². The summed E-state index contributed by atoms with van der Waals surface area (Å²) in [7, 11) is 0. The maximum atomic E-state index is 12.1. The van der Waals surface area contributed by atoms with Gasteiger partial charge in [-0.05, 0) is 32.6 Å². The van der Waals surface area contributed by atoms with E-state index < -0.39 is 5.97 Å². The molecule has 0 aliphatic carbocycles. The standard InChI is InChI=1S/C33H64O4/c1-3-4-5-6-7-8-9-10-11-15-18-21-24-27-30-33(36)37-31(2)28-25-22-19-16-13-12-14-17-20-23-26-29-32(34)35/h31H,3-30H2,1-2H3,(H,34,35). The maximum Gasteiger partial charge on any atom is 0.306 e. The van der Waals surface area contributed by atoms with E-state index in [2.05, 4.69) is 6.92 Å². The molecule has 0 spiro atoms. The first kappa shape index (κ1) is 35.9. The topological polar surface area (TPSA) is 63.6 Å². The fourth-order valence-electron chi connectivity index (χ4n) is 5.11. The van der Waals surface area contributed by atoms with Crippen LogP contribution in [0.1, 0.15) is 194 Å². The Labute approximate surface area is 231 Å². The number of aliphatic carboxylic acids is 1. The minimum Gasteiger partial charge on any atom is -0.481 e. The maximum absolute atomic E-state index is 12.1. The lowest BCUT2D eigenvalue weighted by Gasteiger charge is -2.13. The average molecular weight is 525 g/mol. The van der Waals surface area contributed by atoms with Gasteiger partial charge in [-0.1, -0.05) is 148 Å². The molecule has 0 radical (unpaired) electrons. The van der Waals surface area contributed by atoms with Crippen LogP contribution in [0.2, 0.25) is 0 Å². The summed E-state index contributed by atoms with van der Waals surface area (Å²) >= 11 is 0. The Hall–Kier alpha value is -1.06. The van der Waals surface area contributed by atoms with E-state index in [1.807, 2.05) is 6.92 Å². The zero-order chi connectivity index (χ0) is 27.2. The normalized spacial score (nSPS) is 12.1. The van der Waals surface area contributed by atoms with Crippen molar-refractivity contribution in [3.05, 3.63) is 0 Å². The van der Waals surface area contributed by atoms with Gasteiger partial charge in [0.05, 0.1) is 6.10 Å². The predicted molar refractivity (Wildman–Crippen MR) is 158 cm³/mol. The molecule has 0 heterocycles. The Morgan fingerprint density at radius 1 is 0.514 bits per heavy atom. The highest BCUT2D eigenvalue weighted by molar-refractivity contribution is 5.69. The van der Waals surface area contributed by atoms with Crippen molar-refractivity contribution in [2.75, 3.05) is 0 Å². The Bertz CT molecular complexity index is 491. The predicted octanol–water partition coefficient (Wildman–Crippen LogP) is 10.9. The van der Waals surface area contributed by atoms with E-state index in [9.17, 15) is 9.59 Å². The van der Waals surface area contributed by atoms with Gasteiger partial charge in [-0.15, -0.1) is 0 Å². The van der Waals surface area contributed by atoms with Gasteiger partial charge in [-0.25, -0.2) is 0 Å². The van der Waals surface area contributed by atoms with Crippen molar-refractivity contribution in [2.45, 2.75) is 200 Å². The molecule has 0 aromatic rings. The van der Waals surface area contributed by atoms with E-state index in [1.54, 1.807) is 0 Å². The molecule has 220 valence electrons. The third-order valence-corrected chi connectivity index (χ3v) is 7.57. The van der Waals surface area contributed by atoms with E-state index in [4.69, 9.17) is 9.84 Å². The van der Waals surface area contributed by atoms with Crippen LogP contribution in [0.3, 0.4) is 0 Å². The molecule has 37 heavy (non-hydrogen) atoms. The summed E-state index contributed by atoms with van der Waals surface area (Å²) < 4.78 is 5.61. The van der Waals surface area contributed by atoms with Gasteiger partial charge in [0.2, 0.25) is 0 Å². The molecule has 0 aromatic heterocycles. The molecule has 0 rings (SSSR count). The summed E-state index contributed by atoms with van der Waals surface area (Å²) in [4.78, 5) is 22.5. The molecular weight excluding hydrogens is 460 g/mol. The number of unbranched alkanes of at least 4 members (excludes halogenated alkanes) is 23. The molecule has 4 heteroatoms. The van der Waals surface area contributed by atoms with E-state index in [-0.39, 0.29) is 12.1 Å². The fourth-order valence-corrected chi connectivity index (χ4v) is 5.11. The van der Waals surface area contributed by atoms with Crippen LogP contribution < -0.4 is 0 Å². The third kappa shape index (κ3) is 31.1. The number of carbonyl (C=O) groups excluding carboxylic acids is 1. The van der Waals surface area contributed by atoms with Gasteiger partial charge in [0.1, 0.15) is 0 Å². The lowest BCUT2D eigenvalue weighted by molar-refractivity contribution is -0.148. The van der Waals surface area contributed by atoms with Gasteiger partial charge in [0, 0.05) is 12.8 Å². The van der Waals surface area contributed by atoms with Crippen LogP contribution in [0, 0.1) is 0 Å². The van der Waals surface area contributed by atoms with Crippen molar-refractivity contribution in [3.8, 4) is 0 Å². The van der Waals surface area contributed by atoms with Gasteiger partial charge >= 0.3 is 11.9 Å². The Morgan fingerprint density at radius 2 is 0.838 bits per heavy atom. The minimum absolute atomic E-state index is 0.00519. The van der Waals surface area contributed by atoms with Crippen LogP contribution in [0.4, 0.5) is 0 Å². The van der Waals surface area contributed by atoms with Crippen molar-refractivity contribution in [1.82, 2.24) is 0 Å². The SMILES string of the molecule is CCCCCCCCCCCCCCCCC(=O)OC(C)CCCCCCCCCCCCCC(=O)O. The number of ether oxygens (including phenoxy) is 1. The van der Waals surface area contributed by atoms with Crippen molar-refractivity contribution in [1.29, 1.82) is 0 Å². The van der Waals surface area contributed by atoms with Crippen LogP contribution in [0.5, 0.6) is 0 Å². The first-order valence-electron chi connectivity index (χ1n) is 16.5. The van der Waals surface area contributed by atoms with Crippen LogP contribution in [0.15, 0.2) is 0 Å². The molecule has 0 aliphatic rings. The molecule has 1 N–H and O–H groups in total. The second kappa shape index (κ2) is 29.5. The third-order valence-electron chi connectivity index (χ3n) is 7.57. The summed E-state index contributed by atoms with van der Waals surface area (Å²) in [5, 5.41) is 8.62. The summed E-state index contributed by atoms with van der Waals surface area (Å²) in [5.74, 6) is -0.679. The fraction of sp³-hybridized carbons (Fsp3) is 0.939. The summed E-state index contributed by atoms with van der Waals surface area (Å²) in [5.41, 5.74) is 0. The number of carbonyl (C=O) groups is 2. The lowest BCUT2D eigenvalue weighted by atomic mass is 10.0. The number of esters is 1. The molecular formula is C33H64O4. The average Bonchev–Trinajstić information content (AvgIpc) is 2.86. The Balaban J connectivity index is 3.29. The van der Waals surface area contributed by atoms with Crippen molar-refractivity contribution in [2.24, 2.45) is 0 Å². The monoisotopic (exact) mass is 524 g/mol. The highest BCUT2D eigenvalue weighted by atomic mass is 16.5. The van der Waals surface area contributed by atoms with E-state index in [0.29, 0.717) is 12.8 Å². The van der Waals surface area contributed by atoms with Gasteiger partial charge in [0.25, 0.3) is 0 Å². The molecule has 0 saturated carbocycles. The lowest BCUT2D eigenvalue weighted by Crippen LogP contribution is -2.14. The van der Waals surface area contributed by atoms with E-state index in [0.717, 1.165) is 38.5 Å². The number of hydrogen-bond donors (Lipinski definition) is 1. The molecule has 0 bridgehead atoms. The molecule has 0 aliphatic heterocycles. The summed E-state index contributed by atoms with van der Waals surface area (Å²) in [6.07, 6.45) is 33.8. The summed E-state index contributed by atoms with van der Waals surface area (Å²) in [6.45, 7) is 4.32. The minimum atomic E-state index is -0.673. The molecule has 0 saturated heterocycles. The zero-order valence-electron chi connectivity index (χ0n) is 25.0. The van der Waals surface area contributed by atoms with Crippen LogP contribution in [-0.4, -0.2) is 23.1 Å². The molecule has 1 atom stereocenters. The van der Waals surface area contributed by atoms with Gasteiger partial charge in [-0.3, -0.25) is 9.59 Å². The van der Waals surface area contributed by atoms with E-state index in [1.165, 1.54) is 128 Å². The smallest absolute Gasteiger partial charge is 0.306 e. The van der Waals surface area contributed by atoms with E-state index >= 15 is 0 Å². The number of rotatable bonds is 30. The largest absolute Gasteiger partial charge is 0.481 e. The van der Waals surface area contributed by atoms with Crippen LogP contribution in [0.25, 0.3) is 0 Å². The first-order valence-corrected chi connectivity index (χ1v) is 16.5. The molecule has 0 amide bonds. The van der Waals surface area contributed by atoms with Crippen molar-refractivity contribution in [3.63, 3.8) is 0 Å². The van der Waals surface area contributed by atoms with Crippen LogP contribution >= 0.6 is 0 Å². The molecule has 1 unspecified atom stereocenters. The van der Waals surface area contributed by atoms with Gasteiger partial charge in [-0.2, -0.15) is 0 Å². The second-order valence-electron chi connectivity index (χ2n) is 11.5. The van der Waals surface area contributed by atoms with Crippen LogP contribution in [-0.2, 0) is 14.3 Å². The number of hydrogen-bond acceptors (Lipinski definition) is 3. The highest BCUT2D eigenvalue weighted by Crippen LogP contribution is 2.16. The number of carboxylic acids is 1. The first-order chi connectivity index (χ1) is 18.1. The quantitative estimate of drug-likeness (QED) is 0.0749.